The van der Waals surface area contributed by atoms with E-state index < -0.39 is 0 Å². The van der Waals surface area contributed by atoms with Crippen molar-refractivity contribution >= 4 is 5.91 Å². The molecule has 0 bridgehead atoms. The molecule has 5 nitrogen and oxygen atoms in total. The van der Waals surface area contributed by atoms with E-state index in [-0.39, 0.29) is 18.1 Å². The number of fused-ring (bicyclic) bond motifs is 1. The molecule has 5 heteroatoms. The quantitative estimate of drug-likeness (QED) is 0.879. The minimum Gasteiger partial charge on any atom is -0.467 e. The maximum atomic E-state index is 12.6. The van der Waals surface area contributed by atoms with Crippen molar-refractivity contribution in [3.05, 3.63) is 23.7 Å². The number of rotatable bonds is 2. The third-order valence-electron chi connectivity index (χ3n) is 4.09. The molecule has 1 aliphatic heterocycles. The van der Waals surface area contributed by atoms with Crippen molar-refractivity contribution in [3.8, 4) is 0 Å². The maximum absolute atomic E-state index is 12.6. The van der Waals surface area contributed by atoms with Crippen LogP contribution in [0.4, 0.5) is 0 Å². The third kappa shape index (κ3) is 2.40. The lowest BCUT2D eigenvalue weighted by Crippen LogP contribution is -2.54. The van der Waals surface area contributed by atoms with Crippen molar-refractivity contribution in [3.63, 3.8) is 0 Å². The molecular formula is C14H20N2O3. The van der Waals surface area contributed by atoms with Gasteiger partial charge in [0.1, 0.15) is 12.0 Å². The van der Waals surface area contributed by atoms with Gasteiger partial charge in [0.05, 0.1) is 30.9 Å². The maximum Gasteiger partial charge on any atom is 0.257 e. The largest absolute Gasteiger partial charge is 0.467 e. The molecule has 2 aliphatic rings. The zero-order valence-corrected chi connectivity index (χ0v) is 11.0. The van der Waals surface area contributed by atoms with E-state index in [0.717, 1.165) is 12.8 Å². The van der Waals surface area contributed by atoms with Gasteiger partial charge in [-0.25, -0.2) is 0 Å². The van der Waals surface area contributed by atoms with Gasteiger partial charge < -0.3 is 19.8 Å². The van der Waals surface area contributed by atoms with Crippen LogP contribution in [0.25, 0.3) is 0 Å². The van der Waals surface area contributed by atoms with Crippen LogP contribution in [-0.4, -0.2) is 36.1 Å². The molecule has 2 fully saturated rings. The van der Waals surface area contributed by atoms with Crippen LogP contribution in [0.15, 0.2) is 16.7 Å². The van der Waals surface area contributed by atoms with Gasteiger partial charge in [-0.3, -0.25) is 4.79 Å². The first kappa shape index (κ1) is 12.7. The number of hydrogen-bond acceptors (Lipinski definition) is 4. The highest BCUT2D eigenvalue weighted by molar-refractivity contribution is 5.94. The van der Waals surface area contributed by atoms with Gasteiger partial charge in [-0.1, -0.05) is 12.8 Å². The van der Waals surface area contributed by atoms with Crippen molar-refractivity contribution in [1.29, 1.82) is 0 Å². The number of morpholine rings is 1. The van der Waals surface area contributed by atoms with Gasteiger partial charge in [0, 0.05) is 6.54 Å². The standard InChI is InChI=1S/C14H20N2O3/c15-8-11-7-10(9-19-11)14(17)16-5-6-18-13-4-2-1-3-12(13)16/h7,9,12-13H,1-6,8,15H2. The normalized spacial score (nSPS) is 27.1. The second kappa shape index (κ2) is 5.35. The molecule has 0 spiro atoms. The smallest absolute Gasteiger partial charge is 0.257 e. The summed E-state index contributed by atoms with van der Waals surface area (Å²) in [4.78, 5) is 14.5. The van der Waals surface area contributed by atoms with E-state index in [9.17, 15) is 4.79 Å². The van der Waals surface area contributed by atoms with Gasteiger partial charge in [0.2, 0.25) is 0 Å². The zero-order valence-electron chi connectivity index (χ0n) is 11.0. The monoisotopic (exact) mass is 264 g/mol. The van der Waals surface area contributed by atoms with Crippen LogP contribution in [0.1, 0.15) is 41.8 Å². The van der Waals surface area contributed by atoms with Crippen LogP contribution in [0.3, 0.4) is 0 Å². The summed E-state index contributed by atoms with van der Waals surface area (Å²) in [7, 11) is 0. The Hall–Kier alpha value is -1.33. The summed E-state index contributed by atoms with van der Waals surface area (Å²) in [5.41, 5.74) is 6.11. The third-order valence-corrected chi connectivity index (χ3v) is 4.09. The minimum atomic E-state index is 0.0450. The molecule has 1 aliphatic carbocycles. The van der Waals surface area contributed by atoms with Crippen molar-refractivity contribution in [1.82, 2.24) is 4.90 Å². The molecule has 1 aromatic heterocycles. The van der Waals surface area contributed by atoms with E-state index in [4.69, 9.17) is 14.9 Å². The first-order valence-corrected chi connectivity index (χ1v) is 6.99. The summed E-state index contributed by atoms with van der Waals surface area (Å²) in [6, 6.07) is 1.97. The molecular weight excluding hydrogens is 244 g/mol. The molecule has 0 aromatic carbocycles. The highest BCUT2D eigenvalue weighted by atomic mass is 16.5. The van der Waals surface area contributed by atoms with Gasteiger partial charge in [-0.05, 0) is 18.9 Å². The number of hydrogen-bond donors (Lipinski definition) is 1. The van der Waals surface area contributed by atoms with Crippen LogP contribution >= 0.6 is 0 Å². The summed E-state index contributed by atoms with van der Waals surface area (Å²) >= 11 is 0. The number of carbonyl (C=O) groups is 1. The Morgan fingerprint density at radius 1 is 1.42 bits per heavy atom. The number of furan rings is 1. The first-order chi connectivity index (χ1) is 9.29. The molecule has 1 aromatic rings. The second-order valence-corrected chi connectivity index (χ2v) is 5.27. The summed E-state index contributed by atoms with van der Waals surface area (Å²) in [6.45, 7) is 1.63. The molecule has 2 atom stereocenters. The van der Waals surface area contributed by atoms with E-state index in [1.54, 1.807) is 6.07 Å². The summed E-state index contributed by atoms with van der Waals surface area (Å²) < 4.78 is 11.0. The number of ether oxygens (including phenoxy) is 1. The lowest BCUT2D eigenvalue weighted by molar-refractivity contribution is -0.0752. The van der Waals surface area contributed by atoms with Crippen molar-refractivity contribution in [2.24, 2.45) is 5.73 Å². The van der Waals surface area contributed by atoms with E-state index in [1.165, 1.54) is 19.1 Å². The van der Waals surface area contributed by atoms with E-state index >= 15 is 0 Å². The zero-order chi connectivity index (χ0) is 13.2. The van der Waals surface area contributed by atoms with Crippen molar-refractivity contribution < 1.29 is 13.9 Å². The van der Waals surface area contributed by atoms with Crippen LogP contribution in [0.5, 0.6) is 0 Å². The van der Waals surface area contributed by atoms with Gasteiger partial charge >= 0.3 is 0 Å². The Morgan fingerprint density at radius 3 is 3.05 bits per heavy atom. The molecule has 1 saturated heterocycles. The Bertz CT molecular complexity index is 455. The Kier molecular flexibility index (Phi) is 3.57. The second-order valence-electron chi connectivity index (χ2n) is 5.27. The predicted octanol–water partition coefficient (Wildman–Crippen LogP) is 1.52. The fraction of sp³-hybridized carbons (Fsp3) is 0.643. The molecule has 1 saturated carbocycles. The number of nitrogens with two attached hydrogens (primary N) is 1. The fourth-order valence-corrected chi connectivity index (χ4v) is 3.11. The van der Waals surface area contributed by atoms with Crippen molar-refractivity contribution in [2.75, 3.05) is 13.2 Å². The SMILES string of the molecule is NCc1cc(C(=O)N2CCOC3CCCCC32)co1. The number of nitrogens with zero attached hydrogens (tertiary/aromatic N) is 1. The van der Waals surface area contributed by atoms with Crippen LogP contribution in [0.2, 0.25) is 0 Å². The van der Waals surface area contributed by atoms with Crippen molar-refractivity contribution in [2.45, 2.75) is 44.4 Å². The van der Waals surface area contributed by atoms with Gasteiger partial charge in [-0.15, -0.1) is 0 Å². The first-order valence-electron chi connectivity index (χ1n) is 6.99. The van der Waals surface area contributed by atoms with E-state index in [1.807, 2.05) is 4.90 Å². The fourth-order valence-electron chi connectivity index (χ4n) is 3.11. The molecule has 2 unspecified atom stereocenters. The van der Waals surface area contributed by atoms with Crippen LogP contribution in [0, 0.1) is 0 Å². The highest BCUT2D eigenvalue weighted by Crippen LogP contribution is 2.29. The van der Waals surface area contributed by atoms with E-state index in [2.05, 4.69) is 0 Å². The van der Waals surface area contributed by atoms with Gasteiger partial charge in [-0.2, -0.15) is 0 Å². The minimum absolute atomic E-state index is 0.0450. The molecule has 3 rings (SSSR count). The Morgan fingerprint density at radius 2 is 2.26 bits per heavy atom. The average Bonchev–Trinajstić information content (AvgIpc) is 2.95. The summed E-state index contributed by atoms with van der Waals surface area (Å²) in [6.07, 6.45) is 6.20. The van der Waals surface area contributed by atoms with E-state index in [0.29, 0.717) is 31.0 Å². The van der Waals surface area contributed by atoms with Crippen LogP contribution in [-0.2, 0) is 11.3 Å². The van der Waals surface area contributed by atoms with Gasteiger partial charge in [0.25, 0.3) is 5.91 Å². The summed E-state index contributed by atoms with van der Waals surface area (Å²) in [5.74, 6) is 0.695. The number of amides is 1. The Labute approximate surface area is 112 Å². The Balaban J connectivity index is 1.77. The molecule has 2 heterocycles. The predicted molar refractivity (Wildman–Crippen MR) is 69.6 cm³/mol. The molecule has 2 N–H and O–H groups in total. The lowest BCUT2D eigenvalue weighted by Gasteiger charge is -2.43. The molecule has 0 radical (unpaired) electrons. The molecule has 1 amide bonds. The molecule has 104 valence electrons. The number of carbonyl (C=O) groups excluding carboxylic acids is 1. The lowest BCUT2D eigenvalue weighted by atomic mass is 9.90. The average molecular weight is 264 g/mol. The molecule has 19 heavy (non-hydrogen) atoms. The van der Waals surface area contributed by atoms with Gasteiger partial charge in [0.15, 0.2) is 0 Å². The summed E-state index contributed by atoms with van der Waals surface area (Å²) in [5, 5.41) is 0. The van der Waals surface area contributed by atoms with Crippen LogP contribution < -0.4 is 5.73 Å². The highest BCUT2D eigenvalue weighted by Gasteiger charge is 2.37. The topological polar surface area (TPSA) is 68.7 Å².